The standard InChI is InChI=1S/C13H9BClFO/c15-11-3-1-2-10(6-11)14-13-7-12(16)5-4-9(13)8-17-14/h1-7H,8H2. The molecule has 1 nitrogen and oxygen atoms in total. The van der Waals surface area contributed by atoms with Crippen molar-refractivity contribution in [3.8, 4) is 0 Å². The highest BCUT2D eigenvalue weighted by atomic mass is 35.5. The molecule has 1 aliphatic heterocycles. The van der Waals surface area contributed by atoms with E-state index in [9.17, 15) is 4.39 Å². The van der Waals surface area contributed by atoms with Crippen molar-refractivity contribution in [1.29, 1.82) is 0 Å². The van der Waals surface area contributed by atoms with E-state index in [0.29, 0.717) is 11.6 Å². The van der Waals surface area contributed by atoms with Gasteiger partial charge in [0.15, 0.2) is 0 Å². The van der Waals surface area contributed by atoms with Gasteiger partial charge in [-0.1, -0.05) is 29.8 Å². The van der Waals surface area contributed by atoms with Crippen LogP contribution in [0.3, 0.4) is 0 Å². The van der Waals surface area contributed by atoms with E-state index in [4.69, 9.17) is 16.3 Å². The molecule has 0 amide bonds. The van der Waals surface area contributed by atoms with Crippen molar-refractivity contribution < 1.29 is 9.04 Å². The number of halogens is 2. The van der Waals surface area contributed by atoms with E-state index in [1.807, 2.05) is 24.3 Å². The van der Waals surface area contributed by atoms with Crippen LogP contribution in [0.4, 0.5) is 4.39 Å². The van der Waals surface area contributed by atoms with Crippen molar-refractivity contribution in [2.45, 2.75) is 6.61 Å². The maximum Gasteiger partial charge on any atom is 0.362 e. The molecular formula is C13H9BClFO. The van der Waals surface area contributed by atoms with Crippen LogP contribution in [0, 0.1) is 5.82 Å². The van der Waals surface area contributed by atoms with Gasteiger partial charge in [-0.2, -0.15) is 0 Å². The van der Waals surface area contributed by atoms with Gasteiger partial charge in [0.2, 0.25) is 0 Å². The molecule has 1 heterocycles. The second-order valence-electron chi connectivity index (χ2n) is 4.09. The second-order valence-corrected chi connectivity index (χ2v) is 4.53. The van der Waals surface area contributed by atoms with Crippen molar-refractivity contribution in [1.82, 2.24) is 0 Å². The van der Waals surface area contributed by atoms with Gasteiger partial charge in [0.05, 0.1) is 6.61 Å². The molecule has 4 heteroatoms. The van der Waals surface area contributed by atoms with Crippen molar-refractivity contribution in [3.63, 3.8) is 0 Å². The van der Waals surface area contributed by atoms with E-state index in [1.165, 1.54) is 12.1 Å². The zero-order valence-corrected chi connectivity index (χ0v) is 9.75. The van der Waals surface area contributed by atoms with Gasteiger partial charge in [-0.25, -0.2) is 4.39 Å². The summed E-state index contributed by atoms with van der Waals surface area (Å²) in [5.74, 6) is -0.235. The third-order valence-corrected chi connectivity index (χ3v) is 3.18. The van der Waals surface area contributed by atoms with Gasteiger partial charge >= 0.3 is 6.92 Å². The molecule has 0 saturated heterocycles. The topological polar surface area (TPSA) is 9.23 Å². The molecule has 3 rings (SSSR count). The van der Waals surface area contributed by atoms with E-state index in [0.717, 1.165) is 16.5 Å². The maximum absolute atomic E-state index is 13.2. The van der Waals surface area contributed by atoms with Crippen LogP contribution in [0.25, 0.3) is 0 Å². The maximum atomic E-state index is 13.2. The van der Waals surface area contributed by atoms with E-state index >= 15 is 0 Å². The van der Waals surface area contributed by atoms with Gasteiger partial charge in [-0.05, 0) is 40.8 Å². The van der Waals surface area contributed by atoms with E-state index in [1.54, 1.807) is 6.07 Å². The predicted octanol–water partition coefficient (Wildman–Crippen LogP) is 2.11. The van der Waals surface area contributed by atoms with Crippen LogP contribution in [0.5, 0.6) is 0 Å². The summed E-state index contributed by atoms with van der Waals surface area (Å²) in [4.78, 5) is 0. The summed E-state index contributed by atoms with van der Waals surface area (Å²) in [5.41, 5.74) is 2.89. The zero-order valence-electron chi connectivity index (χ0n) is 8.99. The normalized spacial score (nSPS) is 13.9. The molecule has 1 aliphatic rings. The summed E-state index contributed by atoms with van der Waals surface area (Å²) < 4.78 is 18.9. The number of rotatable bonds is 1. The minimum absolute atomic E-state index is 0.209. The molecule has 0 saturated carbocycles. The van der Waals surface area contributed by atoms with Crippen molar-refractivity contribution in [2.24, 2.45) is 0 Å². The molecule has 0 spiro atoms. The highest BCUT2D eigenvalue weighted by molar-refractivity contribution is 6.81. The molecule has 84 valence electrons. The van der Waals surface area contributed by atoms with Crippen LogP contribution >= 0.6 is 11.6 Å². The Hall–Kier alpha value is -1.32. The first-order chi connectivity index (χ1) is 8.24. The highest BCUT2D eigenvalue weighted by Gasteiger charge is 2.30. The summed E-state index contributed by atoms with van der Waals surface area (Å²) in [7, 11) is 0. The Bertz CT molecular complexity index is 573. The number of hydrogen-bond acceptors (Lipinski definition) is 1. The average Bonchev–Trinajstić information content (AvgIpc) is 2.71. The zero-order chi connectivity index (χ0) is 11.8. The summed E-state index contributed by atoms with van der Waals surface area (Å²) in [6.07, 6.45) is 0. The Morgan fingerprint density at radius 2 is 2.06 bits per heavy atom. The Kier molecular flexibility index (Phi) is 2.65. The average molecular weight is 246 g/mol. The van der Waals surface area contributed by atoms with Crippen LogP contribution < -0.4 is 10.9 Å². The number of fused-ring (bicyclic) bond motifs is 1. The van der Waals surface area contributed by atoms with E-state index < -0.39 is 0 Å². The van der Waals surface area contributed by atoms with Crippen molar-refractivity contribution >= 4 is 29.4 Å². The quantitative estimate of drug-likeness (QED) is 0.700. The minimum Gasteiger partial charge on any atom is -0.423 e. The van der Waals surface area contributed by atoms with Gasteiger partial charge in [-0.15, -0.1) is 0 Å². The Labute approximate surface area is 104 Å². The Morgan fingerprint density at radius 1 is 1.18 bits per heavy atom. The minimum atomic E-state index is -0.235. The molecule has 0 unspecified atom stereocenters. The fourth-order valence-corrected chi connectivity index (χ4v) is 2.35. The van der Waals surface area contributed by atoms with Gasteiger partial charge in [0.1, 0.15) is 5.82 Å². The molecular weight excluding hydrogens is 237 g/mol. The van der Waals surface area contributed by atoms with E-state index in [-0.39, 0.29) is 12.7 Å². The van der Waals surface area contributed by atoms with Crippen LogP contribution in [0.1, 0.15) is 5.56 Å². The fourth-order valence-electron chi connectivity index (χ4n) is 2.15. The van der Waals surface area contributed by atoms with Crippen LogP contribution in [-0.2, 0) is 11.3 Å². The smallest absolute Gasteiger partial charge is 0.362 e. The molecule has 0 aliphatic carbocycles. The summed E-state index contributed by atoms with van der Waals surface area (Å²) in [6, 6.07) is 12.2. The summed E-state index contributed by atoms with van der Waals surface area (Å²) >= 11 is 5.95. The molecule has 0 radical (unpaired) electrons. The highest BCUT2D eigenvalue weighted by Crippen LogP contribution is 2.13. The predicted molar refractivity (Wildman–Crippen MR) is 67.7 cm³/mol. The molecule has 0 aromatic heterocycles. The van der Waals surface area contributed by atoms with Crippen molar-refractivity contribution in [3.05, 3.63) is 58.9 Å². The van der Waals surface area contributed by atoms with Crippen LogP contribution in [-0.4, -0.2) is 6.92 Å². The lowest BCUT2D eigenvalue weighted by molar-refractivity contribution is 0.337. The third-order valence-electron chi connectivity index (χ3n) is 2.95. The second kappa shape index (κ2) is 4.17. The largest absolute Gasteiger partial charge is 0.423 e. The molecule has 2 aromatic rings. The SMILES string of the molecule is Fc1ccc2c(c1)B(c1cccc(Cl)c1)OC2. The van der Waals surface area contributed by atoms with Crippen LogP contribution in [0.2, 0.25) is 5.02 Å². The fraction of sp³-hybridized carbons (Fsp3) is 0.0769. The lowest BCUT2D eigenvalue weighted by atomic mass is 9.56. The molecule has 2 aromatic carbocycles. The number of hydrogen-bond donors (Lipinski definition) is 0. The third kappa shape index (κ3) is 1.96. The van der Waals surface area contributed by atoms with Gasteiger partial charge in [0.25, 0.3) is 0 Å². The Balaban J connectivity index is 2.06. The van der Waals surface area contributed by atoms with Crippen LogP contribution in [0.15, 0.2) is 42.5 Å². The summed E-state index contributed by atoms with van der Waals surface area (Å²) in [5, 5.41) is 0.663. The lowest BCUT2D eigenvalue weighted by Gasteiger charge is -2.07. The Morgan fingerprint density at radius 3 is 2.88 bits per heavy atom. The lowest BCUT2D eigenvalue weighted by Crippen LogP contribution is -2.41. The molecule has 0 atom stereocenters. The van der Waals surface area contributed by atoms with Gasteiger partial charge in [-0.3, -0.25) is 0 Å². The monoisotopic (exact) mass is 246 g/mol. The molecule has 0 fully saturated rings. The van der Waals surface area contributed by atoms with E-state index in [2.05, 4.69) is 0 Å². The first-order valence-electron chi connectivity index (χ1n) is 5.39. The molecule has 17 heavy (non-hydrogen) atoms. The number of benzene rings is 2. The first kappa shape index (κ1) is 10.8. The molecule has 0 bridgehead atoms. The van der Waals surface area contributed by atoms with Gasteiger partial charge in [0, 0.05) is 5.02 Å². The van der Waals surface area contributed by atoms with Crippen molar-refractivity contribution in [2.75, 3.05) is 0 Å². The summed E-state index contributed by atoms with van der Waals surface area (Å²) in [6.45, 7) is 0.312. The van der Waals surface area contributed by atoms with Gasteiger partial charge < -0.3 is 4.65 Å². The first-order valence-corrected chi connectivity index (χ1v) is 5.77. The molecule has 0 N–H and O–H groups in total.